The molecule has 0 saturated heterocycles. The van der Waals surface area contributed by atoms with Crippen LogP contribution in [0.25, 0.3) is 11.1 Å². The molecule has 0 aliphatic rings. The van der Waals surface area contributed by atoms with E-state index in [1.165, 1.54) is 17.2 Å². The first-order valence-electron chi connectivity index (χ1n) is 6.41. The Balaban J connectivity index is 0.000000160. The van der Waals surface area contributed by atoms with Crippen molar-refractivity contribution in [1.82, 2.24) is 0 Å². The predicted molar refractivity (Wildman–Crippen MR) is 84.4 cm³/mol. The van der Waals surface area contributed by atoms with Crippen LogP contribution in [0.1, 0.15) is 0 Å². The summed E-state index contributed by atoms with van der Waals surface area (Å²) in [7, 11) is 0. The fourth-order valence-electron chi connectivity index (χ4n) is 1.79. The van der Waals surface area contributed by atoms with E-state index in [9.17, 15) is 0 Å². The van der Waals surface area contributed by atoms with Gasteiger partial charge in [0, 0.05) is 11.8 Å². The molecule has 3 aromatic rings. The van der Waals surface area contributed by atoms with Crippen molar-refractivity contribution in [1.29, 1.82) is 0 Å². The molecule has 3 N–H and O–H groups in total. The molecule has 0 atom stereocenters. The average Bonchev–Trinajstić information content (AvgIpc) is 2.49. The maximum atomic E-state index is 8.73. The second-order valence-electron chi connectivity index (χ2n) is 4.33. The molecule has 0 amide bonds. The van der Waals surface area contributed by atoms with Gasteiger partial charge in [0.2, 0.25) is 0 Å². The summed E-state index contributed by atoms with van der Waals surface area (Å²) in [4.78, 5) is 0. The molecule has 0 spiro atoms. The summed E-state index contributed by atoms with van der Waals surface area (Å²) in [5.74, 6) is 0.213. The number of anilines is 1. The van der Waals surface area contributed by atoms with E-state index in [1.54, 1.807) is 18.2 Å². The highest BCUT2D eigenvalue weighted by Gasteiger charge is 1.91. The molecule has 0 aliphatic carbocycles. The zero-order valence-corrected chi connectivity index (χ0v) is 11.1. The maximum absolute atomic E-state index is 8.73. The van der Waals surface area contributed by atoms with Crippen LogP contribution < -0.4 is 5.73 Å². The fraction of sp³-hybridized carbons (Fsp3) is 0. The van der Waals surface area contributed by atoms with Crippen molar-refractivity contribution in [2.45, 2.75) is 0 Å². The number of hydrogen-bond acceptors (Lipinski definition) is 2. The Labute approximate surface area is 119 Å². The number of rotatable bonds is 1. The van der Waals surface area contributed by atoms with E-state index in [0.29, 0.717) is 5.69 Å². The molecular formula is C18H17NO. The first-order chi connectivity index (χ1) is 9.75. The zero-order valence-electron chi connectivity index (χ0n) is 11.1. The summed E-state index contributed by atoms with van der Waals surface area (Å²) in [6.07, 6.45) is 0. The third kappa shape index (κ3) is 4.18. The van der Waals surface area contributed by atoms with E-state index in [2.05, 4.69) is 48.5 Å². The Hall–Kier alpha value is -2.74. The SMILES string of the molecule is Nc1cccc(O)c1.c1ccc(-c2ccccc2)cc1. The molecule has 100 valence electrons. The van der Waals surface area contributed by atoms with Crippen LogP contribution in [0.5, 0.6) is 5.75 Å². The second kappa shape index (κ2) is 7.00. The number of phenols is 1. The van der Waals surface area contributed by atoms with Gasteiger partial charge in [-0.05, 0) is 23.3 Å². The molecule has 2 nitrogen and oxygen atoms in total. The molecule has 0 saturated carbocycles. The van der Waals surface area contributed by atoms with Gasteiger partial charge in [0.1, 0.15) is 5.75 Å². The highest BCUT2D eigenvalue weighted by atomic mass is 16.3. The minimum absolute atomic E-state index is 0.213. The van der Waals surface area contributed by atoms with Gasteiger partial charge in [0.05, 0.1) is 0 Å². The number of benzene rings is 3. The maximum Gasteiger partial charge on any atom is 0.117 e. The van der Waals surface area contributed by atoms with Crippen molar-refractivity contribution in [3.05, 3.63) is 84.9 Å². The summed E-state index contributed by atoms with van der Waals surface area (Å²) in [6.45, 7) is 0. The van der Waals surface area contributed by atoms with E-state index < -0.39 is 0 Å². The summed E-state index contributed by atoms with van der Waals surface area (Å²) in [6, 6.07) is 27.3. The van der Waals surface area contributed by atoms with Gasteiger partial charge in [-0.2, -0.15) is 0 Å². The minimum Gasteiger partial charge on any atom is -0.508 e. The van der Waals surface area contributed by atoms with Gasteiger partial charge in [0.15, 0.2) is 0 Å². The molecule has 0 radical (unpaired) electrons. The van der Waals surface area contributed by atoms with E-state index in [0.717, 1.165) is 0 Å². The van der Waals surface area contributed by atoms with Crippen molar-refractivity contribution < 1.29 is 5.11 Å². The topological polar surface area (TPSA) is 46.2 Å². The number of aromatic hydroxyl groups is 1. The smallest absolute Gasteiger partial charge is 0.117 e. The average molecular weight is 263 g/mol. The normalized spacial score (nSPS) is 9.40. The number of nitrogens with two attached hydrogens (primary N) is 1. The lowest BCUT2D eigenvalue weighted by molar-refractivity contribution is 0.475. The molecule has 0 fully saturated rings. The van der Waals surface area contributed by atoms with Gasteiger partial charge in [-0.3, -0.25) is 0 Å². The molecule has 0 bridgehead atoms. The van der Waals surface area contributed by atoms with Crippen LogP contribution >= 0.6 is 0 Å². The van der Waals surface area contributed by atoms with Gasteiger partial charge in [-0.25, -0.2) is 0 Å². The molecule has 0 unspecified atom stereocenters. The highest BCUT2D eigenvalue weighted by molar-refractivity contribution is 5.62. The van der Waals surface area contributed by atoms with Crippen molar-refractivity contribution in [3.8, 4) is 16.9 Å². The third-order valence-electron chi connectivity index (χ3n) is 2.75. The summed E-state index contributed by atoms with van der Waals surface area (Å²) >= 11 is 0. The van der Waals surface area contributed by atoms with Crippen LogP contribution in [0.15, 0.2) is 84.9 Å². The van der Waals surface area contributed by atoms with Crippen molar-refractivity contribution in [2.75, 3.05) is 5.73 Å². The van der Waals surface area contributed by atoms with E-state index in [-0.39, 0.29) is 5.75 Å². The molecule has 0 aliphatic heterocycles. The number of nitrogen functional groups attached to an aromatic ring is 1. The lowest BCUT2D eigenvalue weighted by atomic mass is 10.1. The predicted octanol–water partition coefficient (Wildman–Crippen LogP) is 4.33. The number of hydrogen-bond donors (Lipinski definition) is 2. The largest absolute Gasteiger partial charge is 0.508 e. The molecule has 2 heteroatoms. The van der Waals surface area contributed by atoms with Gasteiger partial charge in [-0.15, -0.1) is 0 Å². The number of phenolic OH excluding ortho intramolecular Hbond substituents is 1. The quantitative estimate of drug-likeness (QED) is 0.642. The lowest BCUT2D eigenvalue weighted by Crippen LogP contribution is -1.80. The summed E-state index contributed by atoms with van der Waals surface area (Å²) in [5.41, 5.74) is 8.44. The molecule has 20 heavy (non-hydrogen) atoms. The van der Waals surface area contributed by atoms with Crippen LogP contribution in [0, 0.1) is 0 Å². The molecule has 3 rings (SSSR count). The Kier molecular flexibility index (Phi) is 4.79. The highest BCUT2D eigenvalue weighted by Crippen LogP contribution is 2.17. The van der Waals surface area contributed by atoms with Crippen LogP contribution in [0.2, 0.25) is 0 Å². The second-order valence-corrected chi connectivity index (χ2v) is 4.33. The zero-order chi connectivity index (χ0) is 14.2. The lowest BCUT2D eigenvalue weighted by Gasteiger charge is -1.98. The molecule has 3 aromatic carbocycles. The molecule has 0 heterocycles. The molecule has 0 aromatic heterocycles. The van der Waals surface area contributed by atoms with Crippen molar-refractivity contribution in [2.24, 2.45) is 0 Å². The van der Waals surface area contributed by atoms with Gasteiger partial charge in [-0.1, -0.05) is 66.7 Å². The Morgan fingerprint density at radius 2 is 1.10 bits per heavy atom. The first kappa shape index (κ1) is 13.7. The Bertz CT molecular complexity index is 581. The fourth-order valence-corrected chi connectivity index (χ4v) is 1.79. The van der Waals surface area contributed by atoms with E-state index in [4.69, 9.17) is 10.8 Å². The Morgan fingerprint density at radius 1 is 0.600 bits per heavy atom. The standard InChI is InChI=1S/C12H10.C6H7NO/c1-3-7-11(8-4-1)12-9-5-2-6-10-12;7-5-2-1-3-6(8)4-5/h1-10H;1-4,8H,7H2. The Morgan fingerprint density at radius 3 is 1.45 bits per heavy atom. The molecular weight excluding hydrogens is 246 g/mol. The van der Waals surface area contributed by atoms with Crippen LogP contribution in [0.4, 0.5) is 5.69 Å². The monoisotopic (exact) mass is 263 g/mol. The van der Waals surface area contributed by atoms with Crippen molar-refractivity contribution in [3.63, 3.8) is 0 Å². The van der Waals surface area contributed by atoms with Gasteiger partial charge in [0.25, 0.3) is 0 Å². The van der Waals surface area contributed by atoms with Gasteiger partial charge >= 0.3 is 0 Å². The summed E-state index contributed by atoms with van der Waals surface area (Å²) in [5, 5.41) is 8.73. The van der Waals surface area contributed by atoms with Crippen LogP contribution in [-0.2, 0) is 0 Å². The van der Waals surface area contributed by atoms with Crippen LogP contribution in [-0.4, -0.2) is 5.11 Å². The first-order valence-corrected chi connectivity index (χ1v) is 6.41. The third-order valence-corrected chi connectivity index (χ3v) is 2.75. The summed E-state index contributed by atoms with van der Waals surface area (Å²) < 4.78 is 0. The van der Waals surface area contributed by atoms with Crippen LogP contribution in [0.3, 0.4) is 0 Å². The van der Waals surface area contributed by atoms with Crippen molar-refractivity contribution >= 4 is 5.69 Å². The minimum atomic E-state index is 0.213. The van der Waals surface area contributed by atoms with E-state index in [1.807, 2.05) is 12.1 Å². The van der Waals surface area contributed by atoms with Gasteiger partial charge < -0.3 is 10.8 Å². The van der Waals surface area contributed by atoms with E-state index >= 15 is 0 Å².